The maximum atomic E-state index is 11.3. The summed E-state index contributed by atoms with van der Waals surface area (Å²) in [5.41, 5.74) is 0. The molecular weight excluding hydrogens is 220 g/mol. The Bertz CT molecular complexity index is 321. The highest BCUT2D eigenvalue weighted by atomic mass is 32.2. The number of carbonyl (C=O) groups excluding carboxylic acids is 1. The summed E-state index contributed by atoms with van der Waals surface area (Å²) >= 11 is 0. The van der Waals surface area contributed by atoms with Crippen LogP contribution in [0.25, 0.3) is 0 Å². The van der Waals surface area contributed by atoms with Gasteiger partial charge in [0, 0.05) is 6.42 Å². The molecule has 1 aliphatic rings. The minimum atomic E-state index is -3.03. The maximum Gasteiger partial charge on any atom is 0.305 e. The van der Waals surface area contributed by atoms with Gasteiger partial charge in [-0.3, -0.25) is 4.79 Å². The van der Waals surface area contributed by atoms with E-state index >= 15 is 0 Å². The number of hydrogen-bond acceptors (Lipinski definition) is 5. The Balaban J connectivity index is 2.49. The second-order valence-corrected chi connectivity index (χ2v) is 6.07. The molecule has 1 saturated heterocycles. The summed E-state index contributed by atoms with van der Waals surface area (Å²) in [5, 5.41) is 9.57. The second-order valence-electron chi connectivity index (χ2n) is 3.85. The molecule has 6 heteroatoms. The van der Waals surface area contributed by atoms with E-state index < -0.39 is 15.9 Å². The molecule has 0 aromatic rings. The number of aliphatic hydroxyl groups is 1. The van der Waals surface area contributed by atoms with Crippen LogP contribution in [0, 0.1) is 5.92 Å². The van der Waals surface area contributed by atoms with Crippen molar-refractivity contribution in [1.82, 2.24) is 0 Å². The lowest BCUT2D eigenvalue weighted by atomic mass is 9.96. The topological polar surface area (TPSA) is 80.7 Å². The Kier molecular flexibility index (Phi) is 4.10. The van der Waals surface area contributed by atoms with Crippen LogP contribution in [0.2, 0.25) is 0 Å². The zero-order valence-corrected chi connectivity index (χ0v) is 9.50. The average molecular weight is 236 g/mol. The van der Waals surface area contributed by atoms with Crippen LogP contribution in [-0.4, -0.2) is 44.2 Å². The van der Waals surface area contributed by atoms with Crippen molar-refractivity contribution in [3.05, 3.63) is 0 Å². The van der Waals surface area contributed by atoms with Crippen molar-refractivity contribution in [3.8, 4) is 0 Å². The van der Waals surface area contributed by atoms with Gasteiger partial charge in [0.25, 0.3) is 0 Å². The molecule has 88 valence electrons. The normalized spacial score (nSPS) is 29.7. The Morgan fingerprint density at radius 3 is 2.80 bits per heavy atom. The summed E-state index contributed by atoms with van der Waals surface area (Å²) in [6, 6.07) is 0. The predicted octanol–water partition coefficient (Wildman–Crippen LogP) is -0.265. The van der Waals surface area contributed by atoms with Gasteiger partial charge in [-0.05, 0) is 18.8 Å². The summed E-state index contributed by atoms with van der Waals surface area (Å²) in [4.78, 5) is 10.9. The van der Waals surface area contributed by atoms with Crippen molar-refractivity contribution >= 4 is 15.8 Å². The fourth-order valence-corrected chi connectivity index (χ4v) is 3.55. The van der Waals surface area contributed by atoms with E-state index in [-0.39, 0.29) is 36.2 Å². The molecule has 1 fully saturated rings. The van der Waals surface area contributed by atoms with Gasteiger partial charge in [0.1, 0.15) is 0 Å². The summed E-state index contributed by atoms with van der Waals surface area (Å²) in [6.07, 6.45) is 0.188. The number of sulfone groups is 1. The first-order valence-electron chi connectivity index (χ1n) is 4.90. The molecule has 1 N–H and O–H groups in total. The van der Waals surface area contributed by atoms with Crippen molar-refractivity contribution in [1.29, 1.82) is 0 Å². The summed E-state index contributed by atoms with van der Waals surface area (Å²) in [5.74, 6) is -0.679. The number of rotatable bonds is 3. The standard InChI is InChI=1S/C9H16O5S/c1-14-9(11)3-2-7-6-15(12,13)5-4-8(7)10/h7-8,10H,2-6H2,1H3. The number of carbonyl (C=O) groups is 1. The van der Waals surface area contributed by atoms with Crippen molar-refractivity contribution < 1.29 is 23.1 Å². The lowest BCUT2D eigenvalue weighted by Crippen LogP contribution is -2.36. The van der Waals surface area contributed by atoms with Gasteiger partial charge in [0.15, 0.2) is 9.84 Å². The van der Waals surface area contributed by atoms with E-state index in [9.17, 15) is 18.3 Å². The summed E-state index contributed by atoms with van der Waals surface area (Å²) in [7, 11) is -1.74. The molecule has 2 unspecified atom stereocenters. The first-order valence-corrected chi connectivity index (χ1v) is 6.72. The van der Waals surface area contributed by atoms with Crippen LogP contribution in [0.3, 0.4) is 0 Å². The molecule has 0 radical (unpaired) electrons. The third kappa shape index (κ3) is 3.79. The fraction of sp³-hybridized carbons (Fsp3) is 0.889. The third-order valence-electron chi connectivity index (χ3n) is 2.68. The van der Waals surface area contributed by atoms with Crippen LogP contribution in [0.15, 0.2) is 0 Å². The van der Waals surface area contributed by atoms with Crippen LogP contribution in [-0.2, 0) is 19.4 Å². The molecule has 1 heterocycles. The molecule has 0 aromatic heterocycles. The fourth-order valence-electron chi connectivity index (χ4n) is 1.74. The summed E-state index contributed by atoms with van der Waals surface area (Å²) < 4.78 is 27.0. The quantitative estimate of drug-likeness (QED) is 0.682. The first kappa shape index (κ1) is 12.4. The molecule has 5 nitrogen and oxygen atoms in total. The van der Waals surface area contributed by atoms with Gasteiger partial charge in [0.2, 0.25) is 0 Å². The monoisotopic (exact) mass is 236 g/mol. The Hall–Kier alpha value is -0.620. The minimum Gasteiger partial charge on any atom is -0.469 e. The molecule has 0 spiro atoms. The number of esters is 1. The molecule has 1 rings (SSSR count). The zero-order chi connectivity index (χ0) is 11.5. The molecule has 2 atom stereocenters. The van der Waals surface area contributed by atoms with Gasteiger partial charge in [-0.15, -0.1) is 0 Å². The molecule has 1 aliphatic heterocycles. The largest absolute Gasteiger partial charge is 0.469 e. The van der Waals surface area contributed by atoms with E-state index in [1.54, 1.807) is 0 Å². The lowest BCUT2D eigenvalue weighted by molar-refractivity contribution is -0.141. The predicted molar refractivity (Wildman–Crippen MR) is 54.0 cm³/mol. The van der Waals surface area contributed by atoms with Crippen molar-refractivity contribution in [2.75, 3.05) is 18.6 Å². The molecule has 0 amide bonds. The SMILES string of the molecule is COC(=O)CCC1CS(=O)(=O)CCC1O. The zero-order valence-electron chi connectivity index (χ0n) is 8.68. The highest BCUT2D eigenvalue weighted by Gasteiger charge is 2.31. The van der Waals surface area contributed by atoms with Crippen LogP contribution < -0.4 is 0 Å². The molecule has 0 saturated carbocycles. The highest BCUT2D eigenvalue weighted by molar-refractivity contribution is 7.91. The Morgan fingerprint density at radius 2 is 2.20 bits per heavy atom. The van der Waals surface area contributed by atoms with Crippen LogP contribution >= 0.6 is 0 Å². The molecule has 0 aliphatic carbocycles. The first-order chi connectivity index (χ1) is 6.94. The third-order valence-corrected chi connectivity index (χ3v) is 4.48. The number of hydrogen-bond donors (Lipinski definition) is 1. The van der Waals surface area contributed by atoms with Gasteiger partial charge >= 0.3 is 5.97 Å². The van der Waals surface area contributed by atoms with E-state index in [0.717, 1.165) is 0 Å². The van der Waals surface area contributed by atoms with Gasteiger partial charge in [-0.25, -0.2) is 8.42 Å². The van der Waals surface area contributed by atoms with Gasteiger partial charge in [-0.1, -0.05) is 0 Å². The minimum absolute atomic E-state index is 0.0227. The Labute approximate surface area is 89.3 Å². The number of aliphatic hydroxyl groups excluding tert-OH is 1. The van der Waals surface area contributed by atoms with Gasteiger partial charge in [0.05, 0.1) is 24.7 Å². The van der Waals surface area contributed by atoms with Crippen molar-refractivity contribution in [3.63, 3.8) is 0 Å². The maximum absolute atomic E-state index is 11.3. The smallest absolute Gasteiger partial charge is 0.305 e. The summed E-state index contributed by atoms with van der Waals surface area (Å²) in [6.45, 7) is 0. The molecule has 15 heavy (non-hydrogen) atoms. The van der Waals surface area contributed by atoms with E-state index in [0.29, 0.717) is 6.42 Å². The molecule has 0 aromatic carbocycles. The lowest BCUT2D eigenvalue weighted by Gasteiger charge is -2.27. The van der Waals surface area contributed by atoms with E-state index in [2.05, 4.69) is 4.74 Å². The average Bonchev–Trinajstić information content (AvgIpc) is 2.19. The van der Waals surface area contributed by atoms with Crippen LogP contribution in [0.4, 0.5) is 0 Å². The second kappa shape index (κ2) is 4.94. The molecule has 0 bridgehead atoms. The number of ether oxygens (including phenoxy) is 1. The van der Waals surface area contributed by atoms with Gasteiger partial charge < -0.3 is 9.84 Å². The number of methoxy groups -OCH3 is 1. The van der Waals surface area contributed by atoms with E-state index in [1.807, 2.05) is 0 Å². The van der Waals surface area contributed by atoms with E-state index in [4.69, 9.17) is 0 Å². The van der Waals surface area contributed by atoms with Gasteiger partial charge in [-0.2, -0.15) is 0 Å². The molecular formula is C9H16O5S. The Morgan fingerprint density at radius 1 is 1.53 bits per heavy atom. The van der Waals surface area contributed by atoms with Crippen LogP contribution in [0.5, 0.6) is 0 Å². The van der Waals surface area contributed by atoms with E-state index in [1.165, 1.54) is 7.11 Å². The van der Waals surface area contributed by atoms with Crippen molar-refractivity contribution in [2.45, 2.75) is 25.4 Å². The van der Waals surface area contributed by atoms with Crippen molar-refractivity contribution in [2.24, 2.45) is 5.92 Å². The highest BCUT2D eigenvalue weighted by Crippen LogP contribution is 2.23. The van der Waals surface area contributed by atoms with Crippen LogP contribution in [0.1, 0.15) is 19.3 Å².